The van der Waals surface area contributed by atoms with E-state index in [-0.39, 0.29) is 11.8 Å². The molecule has 0 saturated carbocycles. The molecule has 2 heterocycles. The van der Waals surface area contributed by atoms with Crippen molar-refractivity contribution in [1.29, 1.82) is 5.26 Å². The van der Waals surface area contributed by atoms with Crippen LogP contribution in [0, 0.1) is 23.7 Å². The van der Waals surface area contributed by atoms with Gasteiger partial charge in [0.1, 0.15) is 5.01 Å². The van der Waals surface area contributed by atoms with Crippen molar-refractivity contribution in [3.05, 3.63) is 16.1 Å². The molecule has 2 aromatic rings. The van der Waals surface area contributed by atoms with Gasteiger partial charge in [0.15, 0.2) is 11.2 Å². The number of nitrogens with zero attached hydrogens (tertiary/aromatic N) is 3. The molecule has 0 fully saturated rings. The number of amides is 2. The lowest BCUT2D eigenvalue weighted by atomic mass is 9.97. The van der Waals surface area contributed by atoms with Crippen LogP contribution in [0.1, 0.15) is 31.5 Å². The van der Waals surface area contributed by atoms with E-state index >= 15 is 0 Å². The highest BCUT2D eigenvalue weighted by Gasteiger charge is 2.25. The van der Waals surface area contributed by atoms with Crippen molar-refractivity contribution >= 4 is 39.6 Å². The van der Waals surface area contributed by atoms with Crippen LogP contribution in [0.15, 0.2) is 5.38 Å². The van der Waals surface area contributed by atoms with Gasteiger partial charge in [-0.2, -0.15) is 5.26 Å². The molecule has 0 aromatic carbocycles. The molecule has 10 heteroatoms. The average Bonchev–Trinajstić information content (AvgIpc) is 3.18. The molecule has 8 nitrogen and oxygen atoms in total. The summed E-state index contributed by atoms with van der Waals surface area (Å²) in [7, 11) is 0. The molecule has 0 aliphatic rings. The number of hydrogen-bond donors (Lipinski definition) is 3. The Morgan fingerprint density at radius 2 is 2.04 bits per heavy atom. The fourth-order valence-corrected chi connectivity index (χ4v) is 3.74. The molecule has 0 radical (unpaired) electrons. The van der Waals surface area contributed by atoms with Crippen molar-refractivity contribution in [3.63, 3.8) is 0 Å². The highest BCUT2D eigenvalue weighted by atomic mass is 32.1. The summed E-state index contributed by atoms with van der Waals surface area (Å²) >= 11 is 2.65. The van der Waals surface area contributed by atoms with Crippen LogP contribution in [0.25, 0.3) is 10.6 Å². The van der Waals surface area contributed by atoms with E-state index in [4.69, 9.17) is 11.0 Å². The van der Waals surface area contributed by atoms with Crippen LogP contribution in [0.3, 0.4) is 0 Å². The standard InChI is InChI=1S/C17H22N6O2S2/c1-9-13(10-7-26-11(22-10)5-6-18)27-16(21-9)23-15(25)12(19)14(24)20-8-17(2,3)4/h7,12H,5,8,19H2,1-4H3,(H,20,24)(H,21,23,25). The first-order valence-corrected chi connectivity index (χ1v) is 9.93. The van der Waals surface area contributed by atoms with Gasteiger partial charge in [-0.3, -0.25) is 9.59 Å². The van der Waals surface area contributed by atoms with E-state index < -0.39 is 17.9 Å². The summed E-state index contributed by atoms with van der Waals surface area (Å²) in [5.41, 5.74) is 7.06. The Morgan fingerprint density at radius 1 is 1.33 bits per heavy atom. The minimum absolute atomic E-state index is 0.106. The maximum atomic E-state index is 12.2. The van der Waals surface area contributed by atoms with Gasteiger partial charge in [0.05, 0.1) is 28.8 Å². The van der Waals surface area contributed by atoms with Crippen molar-refractivity contribution in [3.8, 4) is 16.6 Å². The maximum absolute atomic E-state index is 12.2. The zero-order valence-corrected chi connectivity index (χ0v) is 17.3. The third kappa shape index (κ3) is 5.82. The number of carbonyl (C=O) groups is 2. The van der Waals surface area contributed by atoms with Crippen LogP contribution in [0.5, 0.6) is 0 Å². The number of rotatable bonds is 6. The number of thiazole rings is 2. The zero-order valence-electron chi connectivity index (χ0n) is 15.6. The van der Waals surface area contributed by atoms with Crippen LogP contribution in [-0.4, -0.2) is 34.4 Å². The first-order chi connectivity index (χ1) is 12.6. The van der Waals surface area contributed by atoms with Gasteiger partial charge >= 0.3 is 0 Å². The van der Waals surface area contributed by atoms with Crippen LogP contribution in [-0.2, 0) is 16.0 Å². The predicted molar refractivity (Wildman–Crippen MR) is 106 cm³/mol. The number of nitriles is 1. The van der Waals surface area contributed by atoms with Crippen molar-refractivity contribution in [2.75, 3.05) is 11.9 Å². The Hall–Kier alpha value is -2.35. The number of nitrogens with two attached hydrogens (primary N) is 1. The van der Waals surface area contributed by atoms with Gasteiger partial charge in [0.25, 0.3) is 5.91 Å². The highest BCUT2D eigenvalue weighted by Crippen LogP contribution is 2.33. The smallest absolute Gasteiger partial charge is 0.252 e. The highest BCUT2D eigenvalue weighted by molar-refractivity contribution is 7.19. The lowest BCUT2D eigenvalue weighted by molar-refractivity contribution is -0.129. The van der Waals surface area contributed by atoms with Gasteiger partial charge < -0.3 is 16.4 Å². The van der Waals surface area contributed by atoms with Gasteiger partial charge in [0.2, 0.25) is 5.91 Å². The van der Waals surface area contributed by atoms with Crippen molar-refractivity contribution in [2.24, 2.45) is 11.1 Å². The SMILES string of the molecule is Cc1nc(NC(=O)C(N)C(=O)NCC(C)(C)C)sc1-c1csc(CC#N)n1. The lowest BCUT2D eigenvalue weighted by Gasteiger charge is -2.20. The minimum Gasteiger partial charge on any atom is -0.354 e. The maximum Gasteiger partial charge on any atom is 0.252 e. The molecular weight excluding hydrogens is 384 g/mol. The molecule has 0 saturated heterocycles. The van der Waals surface area contributed by atoms with E-state index in [1.54, 1.807) is 6.92 Å². The van der Waals surface area contributed by atoms with E-state index in [0.717, 1.165) is 9.88 Å². The molecule has 0 spiro atoms. The third-order valence-corrected chi connectivity index (χ3v) is 5.34. The first kappa shape index (κ1) is 21.0. The van der Waals surface area contributed by atoms with E-state index in [2.05, 4.69) is 26.7 Å². The molecule has 1 atom stereocenters. The van der Waals surface area contributed by atoms with Gasteiger partial charge in [-0.1, -0.05) is 32.1 Å². The fourth-order valence-electron chi connectivity index (χ4n) is 2.02. The summed E-state index contributed by atoms with van der Waals surface area (Å²) in [5.74, 6) is -1.15. The summed E-state index contributed by atoms with van der Waals surface area (Å²) in [5, 5.41) is 16.9. The second-order valence-electron chi connectivity index (χ2n) is 7.14. The van der Waals surface area contributed by atoms with Gasteiger partial charge in [-0.05, 0) is 12.3 Å². The normalized spacial score (nSPS) is 12.3. The number of aryl methyl sites for hydroxylation is 1. The third-order valence-electron chi connectivity index (χ3n) is 3.40. The molecule has 2 aromatic heterocycles. The lowest BCUT2D eigenvalue weighted by Crippen LogP contribution is -2.50. The summed E-state index contributed by atoms with van der Waals surface area (Å²) in [6, 6.07) is 0.746. The van der Waals surface area contributed by atoms with Crippen LogP contribution in [0.4, 0.5) is 5.13 Å². The van der Waals surface area contributed by atoms with Crippen LogP contribution >= 0.6 is 22.7 Å². The number of carbonyl (C=O) groups excluding carboxylic acids is 2. The predicted octanol–water partition coefficient (Wildman–Crippen LogP) is 2.07. The summed E-state index contributed by atoms with van der Waals surface area (Å²) in [6.45, 7) is 8.14. The Labute approximate surface area is 165 Å². The first-order valence-electron chi connectivity index (χ1n) is 8.24. The van der Waals surface area contributed by atoms with Gasteiger partial charge in [-0.25, -0.2) is 9.97 Å². The average molecular weight is 407 g/mol. The molecule has 0 bridgehead atoms. The largest absolute Gasteiger partial charge is 0.354 e. The second kappa shape index (κ2) is 8.56. The Bertz CT molecular complexity index is 875. The number of aromatic nitrogens is 2. The van der Waals surface area contributed by atoms with E-state index in [9.17, 15) is 9.59 Å². The molecule has 4 N–H and O–H groups in total. The molecule has 2 rings (SSSR count). The summed E-state index contributed by atoms with van der Waals surface area (Å²) in [4.78, 5) is 33.8. The molecule has 2 amide bonds. The fraction of sp³-hybridized carbons (Fsp3) is 0.471. The molecule has 0 aliphatic heterocycles. The molecule has 27 heavy (non-hydrogen) atoms. The van der Waals surface area contributed by atoms with Crippen molar-refractivity contribution in [1.82, 2.24) is 15.3 Å². The van der Waals surface area contributed by atoms with E-state index in [1.807, 2.05) is 26.2 Å². The zero-order chi connectivity index (χ0) is 20.2. The topological polar surface area (TPSA) is 134 Å². The second-order valence-corrected chi connectivity index (χ2v) is 9.08. The summed E-state index contributed by atoms with van der Waals surface area (Å²) < 4.78 is 0. The Morgan fingerprint density at radius 3 is 2.67 bits per heavy atom. The summed E-state index contributed by atoms with van der Waals surface area (Å²) in [6.07, 6.45) is 0.255. The monoisotopic (exact) mass is 406 g/mol. The molecule has 0 aliphatic carbocycles. The van der Waals surface area contributed by atoms with Crippen LogP contribution in [0.2, 0.25) is 0 Å². The van der Waals surface area contributed by atoms with E-state index in [1.165, 1.54) is 22.7 Å². The van der Waals surface area contributed by atoms with Crippen molar-refractivity contribution in [2.45, 2.75) is 40.2 Å². The molecule has 1 unspecified atom stereocenters. The van der Waals surface area contributed by atoms with E-state index in [0.29, 0.717) is 23.1 Å². The Kier molecular flexibility index (Phi) is 6.64. The number of anilines is 1. The van der Waals surface area contributed by atoms with Gasteiger partial charge in [-0.15, -0.1) is 11.3 Å². The van der Waals surface area contributed by atoms with Crippen LogP contribution < -0.4 is 16.4 Å². The Balaban J connectivity index is 2.04. The minimum atomic E-state index is -1.32. The quantitative estimate of drug-likeness (QED) is 0.629. The number of hydrogen-bond acceptors (Lipinski definition) is 8. The number of nitrogens with one attached hydrogen (secondary N) is 2. The van der Waals surface area contributed by atoms with Crippen molar-refractivity contribution < 1.29 is 9.59 Å². The molecule has 144 valence electrons. The van der Waals surface area contributed by atoms with Gasteiger partial charge in [0, 0.05) is 11.9 Å². The molecular formula is C17H22N6O2S2.